The van der Waals surface area contributed by atoms with Crippen LogP contribution in [0.1, 0.15) is 51.9 Å². The molecule has 0 radical (unpaired) electrons. The van der Waals surface area contributed by atoms with Crippen LogP contribution in [0.15, 0.2) is 0 Å². The standard InChI is InChI=1S/C18H29N3O3/c1-13(21-9-3-5-16(21)22)10-17(23)20-8-2-4-15(12-20)18(24)19-11-14-6-7-14/h13-15H,2-12H2,1H3,(H,19,24). The number of carbonyl (C=O) groups excluding carboxylic acids is 3. The fourth-order valence-corrected chi connectivity index (χ4v) is 3.76. The Morgan fingerprint density at radius 1 is 1.21 bits per heavy atom. The molecule has 2 atom stereocenters. The summed E-state index contributed by atoms with van der Waals surface area (Å²) in [5.74, 6) is 0.926. The molecule has 1 aliphatic carbocycles. The zero-order valence-corrected chi connectivity index (χ0v) is 14.6. The van der Waals surface area contributed by atoms with Crippen LogP contribution < -0.4 is 5.32 Å². The first-order valence-electron chi connectivity index (χ1n) is 9.39. The second kappa shape index (κ2) is 7.53. The van der Waals surface area contributed by atoms with Gasteiger partial charge < -0.3 is 15.1 Å². The first-order chi connectivity index (χ1) is 11.5. The molecule has 2 unspecified atom stereocenters. The van der Waals surface area contributed by atoms with Gasteiger partial charge in [-0.2, -0.15) is 0 Å². The molecule has 3 aliphatic rings. The average molecular weight is 335 g/mol. The fourth-order valence-electron chi connectivity index (χ4n) is 3.76. The summed E-state index contributed by atoms with van der Waals surface area (Å²) in [6.45, 7) is 4.75. The van der Waals surface area contributed by atoms with Crippen LogP contribution in [-0.4, -0.2) is 59.7 Å². The van der Waals surface area contributed by atoms with Crippen LogP contribution in [0.25, 0.3) is 0 Å². The second-order valence-corrected chi connectivity index (χ2v) is 7.61. The highest BCUT2D eigenvalue weighted by Crippen LogP contribution is 2.28. The smallest absolute Gasteiger partial charge is 0.224 e. The number of rotatable bonds is 6. The van der Waals surface area contributed by atoms with Crippen LogP contribution in [0.2, 0.25) is 0 Å². The topological polar surface area (TPSA) is 69.7 Å². The number of hydrogen-bond acceptors (Lipinski definition) is 3. The van der Waals surface area contributed by atoms with Crippen molar-refractivity contribution in [3.05, 3.63) is 0 Å². The predicted molar refractivity (Wildman–Crippen MR) is 90.1 cm³/mol. The van der Waals surface area contributed by atoms with Crippen LogP contribution in [-0.2, 0) is 14.4 Å². The lowest BCUT2D eigenvalue weighted by molar-refractivity contribution is -0.137. The van der Waals surface area contributed by atoms with E-state index >= 15 is 0 Å². The van der Waals surface area contributed by atoms with Gasteiger partial charge in [0.2, 0.25) is 17.7 Å². The van der Waals surface area contributed by atoms with E-state index in [0.717, 1.165) is 38.9 Å². The Bertz CT molecular complexity index is 504. The van der Waals surface area contributed by atoms with Gasteiger partial charge in [0, 0.05) is 45.1 Å². The van der Waals surface area contributed by atoms with Crippen molar-refractivity contribution in [1.29, 1.82) is 0 Å². The molecule has 0 spiro atoms. The summed E-state index contributed by atoms with van der Waals surface area (Å²) < 4.78 is 0. The van der Waals surface area contributed by atoms with Crippen molar-refractivity contribution in [2.24, 2.45) is 11.8 Å². The third kappa shape index (κ3) is 4.28. The minimum Gasteiger partial charge on any atom is -0.356 e. The van der Waals surface area contributed by atoms with Crippen molar-refractivity contribution < 1.29 is 14.4 Å². The third-order valence-corrected chi connectivity index (χ3v) is 5.52. The van der Waals surface area contributed by atoms with Gasteiger partial charge in [-0.15, -0.1) is 0 Å². The van der Waals surface area contributed by atoms with Gasteiger partial charge in [-0.05, 0) is 44.9 Å². The SMILES string of the molecule is CC(CC(=O)N1CCCC(C(=O)NCC2CC2)C1)N1CCCC1=O. The molecule has 6 nitrogen and oxygen atoms in total. The molecule has 2 heterocycles. The van der Waals surface area contributed by atoms with E-state index in [4.69, 9.17) is 0 Å². The van der Waals surface area contributed by atoms with Crippen LogP contribution >= 0.6 is 0 Å². The van der Waals surface area contributed by atoms with Gasteiger partial charge in [0.1, 0.15) is 0 Å². The Hall–Kier alpha value is -1.59. The first kappa shape index (κ1) is 17.2. The maximum atomic E-state index is 12.6. The molecule has 1 saturated carbocycles. The van der Waals surface area contributed by atoms with Crippen LogP contribution in [0.5, 0.6) is 0 Å². The summed E-state index contributed by atoms with van der Waals surface area (Å²) in [5.41, 5.74) is 0. The number of amides is 3. The van der Waals surface area contributed by atoms with E-state index < -0.39 is 0 Å². The number of nitrogens with zero attached hydrogens (tertiary/aromatic N) is 2. The van der Waals surface area contributed by atoms with E-state index in [1.165, 1.54) is 12.8 Å². The molecule has 24 heavy (non-hydrogen) atoms. The summed E-state index contributed by atoms with van der Waals surface area (Å²) in [6, 6.07) is -0.0448. The molecule has 0 aromatic rings. The fraction of sp³-hybridized carbons (Fsp3) is 0.833. The Morgan fingerprint density at radius 3 is 2.67 bits per heavy atom. The average Bonchev–Trinajstić information content (AvgIpc) is 3.31. The van der Waals surface area contributed by atoms with Crippen LogP contribution in [0.3, 0.4) is 0 Å². The van der Waals surface area contributed by atoms with Crippen molar-refractivity contribution in [3.8, 4) is 0 Å². The molecule has 2 aliphatic heterocycles. The normalized spacial score (nSPS) is 25.7. The number of carbonyl (C=O) groups is 3. The number of likely N-dealkylation sites (tertiary alicyclic amines) is 2. The van der Waals surface area contributed by atoms with Gasteiger partial charge in [-0.25, -0.2) is 0 Å². The molecule has 3 rings (SSSR count). The van der Waals surface area contributed by atoms with Gasteiger partial charge >= 0.3 is 0 Å². The first-order valence-corrected chi connectivity index (χ1v) is 9.39. The number of hydrogen-bond donors (Lipinski definition) is 1. The van der Waals surface area contributed by atoms with Crippen molar-refractivity contribution in [1.82, 2.24) is 15.1 Å². The Labute approximate surface area is 143 Å². The van der Waals surface area contributed by atoms with Gasteiger partial charge in [0.15, 0.2) is 0 Å². The zero-order chi connectivity index (χ0) is 17.1. The molecule has 0 bridgehead atoms. The van der Waals surface area contributed by atoms with E-state index in [0.29, 0.717) is 25.3 Å². The monoisotopic (exact) mass is 335 g/mol. The van der Waals surface area contributed by atoms with Crippen LogP contribution in [0.4, 0.5) is 0 Å². The second-order valence-electron chi connectivity index (χ2n) is 7.61. The Balaban J connectivity index is 1.47. The molecular weight excluding hydrogens is 306 g/mol. The molecule has 6 heteroatoms. The molecule has 2 saturated heterocycles. The Morgan fingerprint density at radius 2 is 2.00 bits per heavy atom. The Kier molecular flexibility index (Phi) is 5.41. The maximum absolute atomic E-state index is 12.6. The third-order valence-electron chi connectivity index (χ3n) is 5.52. The highest BCUT2D eigenvalue weighted by Gasteiger charge is 2.32. The minimum atomic E-state index is -0.0785. The summed E-state index contributed by atoms with van der Waals surface area (Å²) in [5, 5.41) is 3.04. The molecular formula is C18H29N3O3. The lowest BCUT2D eigenvalue weighted by Crippen LogP contribution is -2.47. The molecule has 1 N–H and O–H groups in total. The summed E-state index contributed by atoms with van der Waals surface area (Å²) in [6.07, 6.45) is 6.05. The molecule has 0 aromatic heterocycles. The van der Waals surface area contributed by atoms with E-state index in [-0.39, 0.29) is 29.7 Å². The highest BCUT2D eigenvalue weighted by molar-refractivity contribution is 5.82. The summed E-state index contributed by atoms with van der Waals surface area (Å²) in [4.78, 5) is 40.3. The van der Waals surface area contributed by atoms with E-state index in [9.17, 15) is 14.4 Å². The number of nitrogens with one attached hydrogen (secondary N) is 1. The lowest BCUT2D eigenvalue weighted by Gasteiger charge is -2.34. The quantitative estimate of drug-likeness (QED) is 0.792. The van der Waals surface area contributed by atoms with Crippen molar-refractivity contribution in [3.63, 3.8) is 0 Å². The number of piperidine rings is 1. The van der Waals surface area contributed by atoms with Gasteiger partial charge in [0.25, 0.3) is 0 Å². The molecule has 0 aromatic carbocycles. The predicted octanol–water partition coefficient (Wildman–Crippen LogP) is 1.15. The van der Waals surface area contributed by atoms with E-state index in [1.807, 2.05) is 16.7 Å². The lowest BCUT2D eigenvalue weighted by atomic mass is 9.96. The van der Waals surface area contributed by atoms with E-state index in [2.05, 4.69) is 5.32 Å². The van der Waals surface area contributed by atoms with Crippen molar-refractivity contribution in [2.45, 2.75) is 57.9 Å². The molecule has 3 amide bonds. The minimum absolute atomic E-state index is 0.0448. The van der Waals surface area contributed by atoms with Gasteiger partial charge in [-0.3, -0.25) is 14.4 Å². The largest absolute Gasteiger partial charge is 0.356 e. The van der Waals surface area contributed by atoms with Crippen molar-refractivity contribution >= 4 is 17.7 Å². The maximum Gasteiger partial charge on any atom is 0.224 e. The summed E-state index contributed by atoms with van der Waals surface area (Å²) >= 11 is 0. The molecule has 134 valence electrons. The molecule has 3 fully saturated rings. The summed E-state index contributed by atoms with van der Waals surface area (Å²) in [7, 11) is 0. The van der Waals surface area contributed by atoms with Crippen LogP contribution in [0, 0.1) is 11.8 Å². The van der Waals surface area contributed by atoms with Gasteiger partial charge in [-0.1, -0.05) is 0 Å². The van der Waals surface area contributed by atoms with E-state index in [1.54, 1.807) is 0 Å². The van der Waals surface area contributed by atoms with Crippen molar-refractivity contribution in [2.75, 3.05) is 26.2 Å². The van der Waals surface area contributed by atoms with Gasteiger partial charge in [0.05, 0.1) is 5.92 Å². The zero-order valence-electron chi connectivity index (χ0n) is 14.6. The highest BCUT2D eigenvalue weighted by atomic mass is 16.2.